The highest BCUT2D eigenvalue weighted by Gasteiger charge is 2.09. The van der Waals surface area contributed by atoms with Crippen LogP contribution in [0.25, 0.3) is 11.4 Å². The molecule has 0 bridgehead atoms. The molecule has 2 aromatic rings. The van der Waals surface area contributed by atoms with E-state index in [-0.39, 0.29) is 17.0 Å². The Morgan fingerprint density at radius 1 is 1.38 bits per heavy atom. The number of rotatable bonds is 1. The molecule has 2 N–H and O–H groups in total. The van der Waals surface area contributed by atoms with E-state index >= 15 is 0 Å². The van der Waals surface area contributed by atoms with Crippen LogP contribution in [0.1, 0.15) is 5.56 Å². The summed E-state index contributed by atoms with van der Waals surface area (Å²) in [5, 5.41) is 9.49. The second kappa shape index (κ2) is 4.09. The molecule has 2 rings (SSSR count). The highest BCUT2D eigenvalue weighted by atomic mass is 79.9. The molecular weight excluding hydrogens is 272 g/mol. The van der Waals surface area contributed by atoms with Crippen molar-refractivity contribution < 1.29 is 5.11 Å². The first-order valence-electron chi connectivity index (χ1n) is 4.64. The second-order valence-corrected chi connectivity index (χ2v) is 4.20. The predicted octanol–water partition coefficient (Wildman–Crippen LogP) is 2.21. The number of hydrogen-bond acceptors (Lipinski definition) is 3. The number of aromatic nitrogens is 2. The zero-order valence-corrected chi connectivity index (χ0v) is 10.1. The molecule has 5 heteroatoms. The fraction of sp³-hybridized carbons (Fsp3) is 0.0909. The number of H-pyrrole nitrogens is 1. The SMILES string of the molecule is Cc1c(O)nc(-c2ccccc2Br)[nH]c1=O. The molecule has 16 heavy (non-hydrogen) atoms. The zero-order chi connectivity index (χ0) is 11.7. The lowest BCUT2D eigenvalue weighted by molar-refractivity contribution is 0.447. The van der Waals surface area contributed by atoms with Crippen molar-refractivity contribution >= 4 is 15.9 Å². The number of halogens is 1. The van der Waals surface area contributed by atoms with Gasteiger partial charge in [0.1, 0.15) is 5.82 Å². The van der Waals surface area contributed by atoms with Crippen LogP contribution in [0.5, 0.6) is 5.88 Å². The maximum atomic E-state index is 11.5. The summed E-state index contributed by atoms with van der Waals surface area (Å²) in [6.45, 7) is 1.52. The van der Waals surface area contributed by atoms with Gasteiger partial charge in [-0.25, -0.2) is 0 Å². The number of aromatic amines is 1. The molecule has 0 fully saturated rings. The van der Waals surface area contributed by atoms with Crippen molar-refractivity contribution in [1.29, 1.82) is 0 Å². The van der Waals surface area contributed by atoms with Gasteiger partial charge in [0.25, 0.3) is 5.56 Å². The Labute approximate surface area is 100 Å². The molecule has 0 radical (unpaired) electrons. The summed E-state index contributed by atoms with van der Waals surface area (Å²) in [7, 11) is 0. The van der Waals surface area contributed by atoms with Crippen molar-refractivity contribution in [3.63, 3.8) is 0 Å². The molecule has 0 atom stereocenters. The van der Waals surface area contributed by atoms with Gasteiger partial charge in [-0.15, -0.1) is 0 Å². The molecule has 0 saturated heterocycles. The van der Waals surface area contributed by atoms with Crippen LogP contribution in [0.4, 0.5) is 0 Å². The molecule has 1 aromatic heterocycles. The largest absolute Gasteiger partial charge is 0.493 e. The minimum atomic E-state index is -0.335. The number of benzene rings is 1. The van der Waals surface area contributed by atoms with E-state index in [1.54, 1.807) is 6.07 Å². The van der Waals surface area contributed by atoms with E-state index in [4.69, 9.17) is 0 Å². The normalized spacial score (nSPS) is 10.4. The van der Waals surface area contributed by atoms with Gasteiger partial charge in [-0.2, -0.15) is 4.98 Å². The summed E-state index contributed by atoms with van der Waals surface area (Å²) < 4.78 is 0.807. The van der Waals surface area contributed by atoms with Crippen LogP contribution >= 0.6 is 15.9 Å². The van der Waals surface area contributed by atoms with Crippen LogP contribution in [0, 0.1) is 6.92 Å². The fourth-order valence-electron chi connectivity index (χ4n) is 1.30. The topological polar surface area (TPSA) is 66.0 Å². The van der Waals surface area contributed by atoms with Crippen LogP contribution in [0.2, 0.25) is 0 Å². The lowest BCUT2D eigenvalue weighted by Gasteiger charge is -2.04. The fourth-order valence-corrected chi connectivity index (χ4v) is 1.77. The van der Waals surface area contributed by atoms with Gasteiger partial charge in [-0.1, -0.05) is 34.1 Å². The maximum Gasteiger partial charge on any atom is 0.257 e. The Hall–Kier alpha value is -1.62. The highest BCUT2D eigenvalue weighted by molar-refractivity contribution is 9.10. The van der Waals surface area contributed by atoms with Crippen LogP contribution < -0.4 is 5.56 Å². The molecule has 1 aromatic carbocycles. The van der Waals surface area contributed by atoms with Crippen LogP contribution in [0.15, 0.2) is 33.5 Å². The van der Waals surface area contributed by atoms with Gasteiger partial charge in [0.15, 0.2) is 0 Å². The van der Waals surface area contributed by atoms with Gasteiger partial charge >= 0.3 is 0 Å². The van der Waals surface area contributed by atoms with Gasteiger partial charge < -0.3 is 10.1 Å². The summed E-state index contributed by atoms with van der Waals surface area (Å²) in [5.74, 6) is 0.107. The number of aromatic hydroxyl groups is 1. The van der Waals surface area contributed by atoms with Crippen molar-refractivity contribution in [2.45, 2.75) is 6.92 Å². The molecule has 82 valence electrons. The van der Waals surface area contributed by atoms with Crippen molar-refractivity contribution in [3.8, 4) is 17.3 Å². The van der Waals surface area contributed by atoms with Gasteiger partial charge in [0.05, 0.1) is 5.56 Å². The molecule has 1 heterocycles. The highest BCUT2D eigenvalue weighted by Crippen LogP contribution is 2.25. The molecule has 0 aliphatic rings. The lowest BCUT2D eigenvalue weighted by atomic mass is 10.2. The molecule has 4 nitrogen and oxygen atoms in total. The first kappa shape index (κ1) is 10.9. The summed E-state index contributed by atoms with van der Waals surface area (Å²) >= 11 is 3.36. The molecule has 0 saturated carbocycles. The van der Waals surface area contributed by atoms with E-state index in [0.29, 0.717) is 5.82 Å². The predicted molar refractivity (Wildman–Crippen MR) is 64.4 cm³/mol. The van der Waals surface area contributed by atoms with E-state index in [1.165, 1.54) is 6.92 Å². The Bertz CT molecular complexity index is 593. The van der Waals surface area contributed by atoms with Gasteiger partial charge in [-0.3, -0.25) is 4.79 Å². The van der Waals surface area contributed by atoms with E-state index in [9.17, 15) is 9.90 Å². The lowest BCUT2D eigenvalue weighted by Crippen LogP contribution is -2.12. The van der Waals surface area contributed by atoms with Gasteiger partial charge in [0, 0.05) is 10.0 Å². The molecule has 0 spiro atoms. The minimum Gasteiger partial charge on any atom is -0.493 e. The number of nitrogens with zero attached hydrogens (tertiary/aromatic N) is 1. The summed E-state index contributed by atoms with van der Waals surface area (Å²) in [4.78, 5) is 18.0. The molecule has 0 aliphatic heterocycles. The average Bonchev–Trinajstić information content (AvgIpc) is 2.26. The van der Waals surface area contributed by atoms with E-state index in [2.05, 4.69) is 25.9 Å². The third-order valence-electron chi connectivity index (χ3n) is 2.25. The standard InChI is InChI=1S/C11H9BrN2O2/c1-6-10(15)13-9(14-11(6)16)7-4-2-3-5-8(7)12/h2-5H,1H3,(H2,13,14,15,16). The van der Waals surface area contributed by atoms with Crippen molar-refractivity contribution in [1.82, 2.24) is 9.97 Å². The minimum absolute atomic E-state index is 0.218. The Balaban J connectivity index is 2.67. The monoisotopic (exact) mass is 280 g/mol. The third kappa shape index (κ3) is 1.86. The summed E-state index contributed by atoms with van der Waals surface area (Å²) in [6.07, 6.45) is 0. The van der Waals surface area contributed by atoms with E-state index < -0.39 is 0 Å². The van der Waals surface area contributed by atoms with Crippen LogP contribution in [-0.4, -0.2) is 15.1 Å². The third-order valence-corrected chi connectivity index (χ3v) is 2.95. The Kier molecular flexibility index (Phi) is 2.78. The number of nitrogens with one attached hydrogen (secondary N) is 1. The maximum absolute atomic E-state index is 11.5. The zero-order valence-electron chi connectivity index (χ0n) is 8.49. The van der Waals surface area contributed by atoms with E-state index in [0.717, 1.165) is 10.0 Å². The Morgan fingerprint density at radius 3 is 2.69 bits per heavy atom. The smallest absolute Gasteiger partial charge is 0.257 e. The van der Waals surface area contributed by atoms with Crippen LogP contribution in [-0.2, 0) is 0 Å². The summed E-state index contributed by atoms with van der Waals surface area (Å²) in [5.41, 5.74) is 0.615. The molecule has 0 aliphatic carbocycles. The second-order valence-electron chi connectivity index (χ2n) is 3.34. The van der Waals surface area contributed by atoms with Crippen molar-refractivity contribution in [3.05, 3.63) is 44.7 Å². The summed E-state index contributed by atoms with van der Waals surface area (Å²) in [6, 6.07) is 7.33. The Morgan fingerprint density at radius 2 is 2.06 bits per heavy atom. The van der Waals surface area contributed by atoms with Crippen molar-refractivity contribution in [2.24, 2.45) is 0 Å². The quantitative estimate of drug-likeness (QED) is 0.842. The van der Waals surface area contributed by atoms with Gasteiger partial charge in [-0.05, 0) is 13.0 Å². The first-order chi connectivity index (χ1) is 7.59. The van der Waals surface area contributed by atoms with Crippen LogP contribution in [0.3, 0.4) is 0 Å². The molecule has 0 unspecified atom stereocenters. The molecule has 0 amide bonds. The molecular formula is C11H9BrN2O2. The average molecular weight is 281 g/mol. The first-order valence-corrected chi connectivity index (χ1v) is 5.43. The van der Waals surface area contributed by atoms with Gasteiger partial charge in [0.2, 0.25) is 5.88 Å². The van der Waals surface area contributed by atoms with Crippen molar-refractivity contribution in [2.75, 3.05) is 0 Å². The number of hydrogen-bond donors (Lipinski definition) is 2. The van der Waals surface area contributed by atoms with E-state index in [1.807, 2.05) is 18.2 Å².